The number of benzene rings is 1. The van der Waals surface area contributed by atoms with E-state index in [1.807, 2.05) is 6.07 Å². The van der Waals surface area contributed by atoms with Gasteiger partial charge >= 0.3 is 0 Å². The molecule has 21 heavy (non-hydrogen) atoms. The lowest BCUT2D eigenvalue weighted by Crippen LogP contribution is -2.39. The van der Waals surface area contributed by atoms with Gasteiger partial charge in [0.1, 0.15) is 18.5 Å². The van der Waals surface area contributed by atoms with Crippen LogP contribution < -0.4 is 15.4 Å². The normalized spacial score (nSPS) is 15.0. The fourth-order valence-corrected chi connectivity index (χ4v) is 1.74. The molecule has 1 aliphatic carbocycles. The standard InChI is InChI=1S/C15H19N3O3/c16-7-11-1-5-14(6-2-11)21-10-13(19)8-17-9-15(20)18-12-3-4-12/h1-2,5-6,12-13,17,19H,3-4,8-10H2,(H,18,20). The summed E-state index contributed by atoms with van der Waals surface area (Å²) in [4.78, 5) is 11.4. The van der Waals surface area contributed by atoms with Gasteiger partial charge in [-0.1, -0.05) is 0 Å². The number of hydrogen-bond donors (Lipinski definition) is 3. The average Bonchev–Trinajstić information content (AvgIpc) is 3.29. The Balaban J connectivity index is 1.59. The Hall–Kier alpha value is -2.10. The number of carbonyl (C=O) groups is 1. The molecule has 0 saturated heterocycles. The van der Waals surface area contributed by atoms with Gasteiger partial charge in [-0.15, -0.1) is 0 Å². The first-order valence-electron chi connectivity index (χ1n) is 6.98. The molecule has 3 N–H and O–H groups in total. The second-order valence-electron chi connectivity index (χ2n) is 5.07. The molecule has 0 radical (unpaired) electrons. The molecule has 1 unspecified atom stereocenters. The van der Waals surface area contributed by atoms with Gasteiger partial charge in [-0.05, 0) is 37.1 Å². The maximum Gasteiger partial charge on any atom is 0.234 e. The van der Waals surface area contributed by atoms with Crippen LogP contribution in [0.2, 0.25) is 0 Å². The molecule has 112 valence electrons. The van der Waals surface area contributed by atoms with Crippen LogP contribution in [0, 0.1) is 11.3 Å². The van der Waals surface area contributed by atoms with E-state index in [0.717, 1.165) is 12.8 Å². The van der Waals surface area contributed by atoms with Crippen molar-refractivity contribution in [1.82, 2.24) is 10.6 Å². The molecule has 6 heteroatoms. The predicted octanol–water partition coefficient (Wildman–Crippen LogP) is 0.166. The SMILES string of the molecule is N#Cc1ccc(OCC(O)CNCC(=O)NC2CC2)cc1. The van der Waals surface area contributed by atoms with Gasteiger partial charge in [0.25, 0.3) is 0 Å². The van der Waals surface area contributed by atoms with E-state index >= 15 is 0 Å². The van der Waals surface area contributed by atoms with Gasteiger partial charge in [-0.25, -0.2) is 0 Å². The largest absolute Gasteiger partial charge is 0.491 e. The van der Waals surface area contributed by atoms with E-state index in [1.54, 1.807) is 24.3 Å². The molecule has 1 fully saturated rings. The van der Waals surface area contributed by atoms with Crippen LogP contribution in [0.5, 0.6) is 5.75 Å². The minimum Gasteiger partial charge on any atom is -0.491 e. The number of hydrogen-bond acceptors (Lipinski definition) is 5. The number of ether oxygens (including phenoxy) is 1. The summed E-state index contributed by atoms with van der Waals surface area (Å²) in [5.41, 5.74) is 0.561. The van der Waals surface area contributed by atoms with Crippen LogP contribution in [0.4, 0.5) is 0 Å². The van der Waals surface area contributed by atoms with Gasteiger partial charge in [0, 0.05) is 12.6 Å². The van der Waals surface area contributed by atoms with Crippen molar-refractivity contribution in [3.63, 3.8) is 0 Å². The van der Waals surface area contributed by atoms with Crippen molar-refractivity contribution in [3.8, 4) is 11.8 Å². The Labute approximate surface area is 123 Å². The maximum atomic E-state index is 11.4. The van der Waals surface area contributed by atoms with Crippen molar-refractivity contribution in [3.05, 3.63) is 29.8 Å². The van der Waals surface area contributed by atoms with Crippen molar-refractivity contribution < 1.29 is 14.6 Å². The third-order valence-corrected chi connectivity index (χ3v) is 3.03. The first-order valence-corrected chi connectivity index (χ1v) is 6.98. The number of aliphatic hydroxyl groups excluding tert-OH is 1. The Morgan fingerprint density at radius 2 is 2.14 bits per heavy atom. The molecular weight excluding hydrogens is 270 g/mol. The molecular formula is C15H19N3O3. The van der Waals surface area contributed by atoms with E-state index < -0.39 is 6.10 Å². The van der Waals surface area contributed by atoms with Crippen molar-refractivity contribution in [1.29, 1.82) is 5.26 Å². The molecule has 1 aromatic rings. The highest BCUT2D eigenvalue weighted by molar-refractivity contribution is 5.78. The first-order chi connectivity index (χ1) is 10.2. The third kappa shape index (κ3) is 5.81. The zero-order valence-electron chi connectivity index (χ0n) is 11.7. The number of nitrogens with zero attached hydrogens (tertiary/aromatic N) is 1. The number of rotatable bonds is 8. The summed E-state index contributed by atoms with van der Waals surface area (Å²) in [5.74, 6) is 0.553. The highest BCUT2D eigenvalue weighted by Crippen LogP contribution is 2.18. The molecule has 1 aromatic carbocycles. The minimum absolute atomic E-state index is 0.0438. The number of carbonyl (C=O) groups excluding carboxylic acids is 1. The molecule has 0 aliphatic heterocycles. The molecule has 0 aromatic heterocycles. The van der Waals surface area contributed by atoms with E-state index in [-0.39, 0.29) is 25.6 Å². The van der Waals surface area contributed by atoms with Crippen molar-refractivity contribution in [2.75, 3.05) is 19.7 Å². The smallest absolute Gasteiger partial charge is 0.234 e. The summed E-state index contributed by atoms with van der Waals surface area (Å²) < 4.78 is 5.40. The van der Waals surface area contributed by atoms with Crippen LogP contribution in [-0.4, -0.2) is 42.9 Å². The number of aliphatic hydroxyl groups is 1. The summed E-state index contributed by atoms with van der Waals surface area (Å²) in [6, 6.07) is 9.05. The van der Waals surface area contributed by atoms with Gasteiger partial charge in [-0.3, -0.25) is 4.79 Å². The van der Waals surface area contributed by atoms with Gasteiger partial charge in [0.15, 0.2) is 0 Å². The molecule has 1 amide bonds. The van der Waals surface area contributed by atoms with E-state index in [4.69, 9.17) is 10.00 Å². The summed E-state index contributed by atoms with van der Waals surface area (Å²) in [7, 11) is 0. The van der Waals surface area contributed by atoms with Gasteiger partial charge < -0.3 is 20.5 Å². The Kier molecular flexibility index (Phi) is 5.55. The summed E-state index contributed by atoms with van der Waals surface area (Å²) in [6.45, 7) is 0.613. The van der Waals surface area contributed by atoms with Crippen molar-refractivity contribution in [2.24, 2.45) is 0 Å². The van der Waals surface area contributed by atoms with Gasteiger partial charge in [0.2, 0.25) is 5.91 Å². The molecule has 0 heterocycles. The highest BCUT2D eigenvalue weighted by Gasteiger charge is 2.22. The number of amides is 1. The van der Waals surface area contributed by atoms with Gasteiger partial charge in [0.05, 0.1) is 18.2 Å². The second-order valence-corrected chi connectivity index (χ2v) is 5.07. The highest BCUT2D eigenvalue weighted by atomic mass is 16.5. The summed E-state index contributed by atoms with van der Waals surface area (Å²) in [6.07, 6.45) is 1.42. The zero-order valence-corrected chi connectivity index (χ0v) is 11.7. The van der Waals surface area contributed by atoms with Crippen LogP contribution in [0.3, 0.4) is 0 Å². The lowest BCUT2D eigenvalue weighted by molar-refractivity contribution is -0.120. The molecule has 0 bridgehead atoms. The fourth-order valence-electron chi connectivity index (χ4n) is 1.74. The molecule has 6 nitrogen and oxygen atoms in total. The van der Waals surface area contributed by atoms with Crippen LogP contribution >= 0.6 is 0 Å². The number of nitriles is 1. The minimum atomic E-state index is -0.700. The van der Waals surface area contributed by atoms with Crippen molar-refractivity contribution >= 4 is 5.91 Å². The summed E-state index contributed by atoms with van der Waals surface area (Å²) >= 11 is 0. The molecule has 0 spiro atoms. The molecule has 1 saturated carbocycles. The van der Waals surface area contributed by atoms with E-state index in [9.17, 15) is 9.90 Å². The van der Waals surface area contributed by atoms with Crippen LogP contribution in [0.1, 0.15) is 18.4 Å². The Morgan fingerprint density at radius 1 is 1.43 bits per heavy atom. The number of nitrogens with one attached hydrogen (secondary N) is 2. The lowest BCUT2D eigenvalue weighted by atomic mass is 10.2. The quantitative estimate of drug-likeness (QED) is 0.634. The van der Waals surface area contributed by atoms with E-state index in [1.165, 1.54) is 0 Å². The summed E-state index contributed by atoms with van der Waals surface area (Å²) in [5, 5.41) is 24.2. The lowest BCUT2D eigenvalue weighted by Gasteiger charge is -2.13. The van der Waals surface area contributed by atoms with Crippen molar-refractivity contribution in [2.45, 2.75) is 25.0 Å². The van der Waals surface area contributed by atoms with E-state index in [0.29, 0.717) is 17.4 Å². The second kappa shape index (κ2) is 7.62. The molecule has 1 aliphatic rings. The fraction of sp³-hybridized carbons (Fsp3) is 0.467. The Bertz CT molecular complexity index is 506. The van der Waals surface area contributed by atoms with E-state index in [2.05, 4.69) is 10.6 Å². The molecule has 1 atom stereocenters. The van der Waals surface area contributed by atoms with Crippen LogP contribution in [0.15, 0.2) is 24.3 Å². The third-order valence-electron chi connectivity index (χ3n) is 3.03. The topological polar surface area (TPSA) is 94.4 Å². The van der Waals surface area contributed by atoms with Gasteiger partial charge in [-0.2, -0.15) is 5.26 Å². The predicted molar refractivity (Wildman–Crippen MR) is 76.7 cm³/mol. The molecule has 2 rings (SSSR count). The maximum absolute atomic E-state index is 11.4. The zero-order chi connectivity index (χ0) is 15.1. The first kappa shape index (κ1) is 15.3. The monoisotopic (exact) mass is 289 g/mol. The van der Waals surface area contributed by atoms with Crippen LogP contribution in [0.25, 0.3) is 0 Å². The Morgan fingerprint density at radius 3 is 2.76 bits per heavy atom. The average molecular weight is 289 g/mol. The van der Waals surface area contributed by atoms with Crippen LogP contribution in [-0.2, 0) is 4.79 Å².